The number of fused-ring (bicyclic) bond motifs is 4. The molecule has 303 valence electrons. The van der Waals surface area contributed by atoms with Crippen molar-refractivity contribution in [2.45, 2.75) is 164 Å². The summed E-state index contributed by atoms with van der Waals surface area (Å²) in [6, 6.07) is 24.3. The minimum atomic E-state index is -0.337. The van der Waals surface area contributed by atoms with Crippen molar-refractivity contribution in [1.29, 1.82) is 0 Å². The maximum absolute atomic E-state index is 12.2. The van der Waals surface area contributed by atoms with E-state index in [1.807, 2.05) is 41.5 Å². The van der Waals surface area contributed by atoms with E-state index in [0.717, 1.165) is 61.9 Å². The molecule has 0 amide bonds. The van der Waals surface area contributed by atoms with Gasteiger partial charge in [0.15, 0.2) is 5.78 Å². The van der Waals surface area contributed by atoms with Crippen molar-refractivity contribution in [3.8, 4) is 11.3 Å². The summed E-state index contributed by atoms with van der Waals surface area (Å²) in [6.07, 6.45) is 8.11. The zero-order valence-electron chi connectivity index (χ0n) is 36.8. The predicted octanol–water partition coefficient (Wildman–Crippen LogP) is 13.1. The molecule has 0 aliphatic heterocycles. The van der Waals surface area contributed by atoms with Crippen LogP contribution in [0.25, 0.3) is 22.0 Å². The first-order valence-corrected chi connectivity index (χ1v) is 21.0. The molecule has 0 atom stereocenters. The fourth-order valence-corrected chi connectivity index (χ4v) is 10.8. The van der Waals surface area contributed by atoms with E-state index >= 15 is 0 Å². The van der Waals surface area contributed by atoms with Gasteiger partial charge in [0.25, 0.3) is 0 Å². The third-order valence-electron chi connectivity index (χ3n) is 15.7. The van der Waals surface area contributed by atoms with Crippen LogP contribution in [0.5, 0.6) is 0 Å². The molecule has 1 radical (unpaired) electrons. The molecule has 0 saturated carbocycles. The van der Waals surface area contributed by atoms with Crippen molar-refractivity contribution in [2.75, 3.05) is 0 Å². The Balaban J connectivity index is 0.000000285. The summed E-state index contributed by atoms with van der Waals surface area (Å²) in [6.45, 7) is 31.3. The average Bonchev–Trinajstić information content (AvgIpc) is 3.69. The largest absolute Gasteiger partial charge is 0.512 e. The van der Waals surface area contributed by atoms with Gasteiger partial charge in [-0.3, -0.25) is 4.79 Å². The van der Waals surface area contributed by atoms with Crippen molar-refractivity contribution in [1.82, 2.24) is 10.2 Å². The molecule has 7 rings (SSSR count). The molecule has 3 aliphatic carbocycles. The summed E-state index contributed by atoms with van der Waals surface area (Å²) < 4.78 is 0. The Morgan fingerprint density at radius 3 is 1.82 bits per heavy atom. The Morgan fingerprint density at radius 2 is 1.29 bits per heavy atom. The quantitative estimate of drug-likeness (QED) is 0.109. The number of carbonyl (C=O) groups excluding carboxylic acids is 1. The van der Waals surface area contributed by atoms with Crippen LogP contribution in [0.3, 0.4) is 0 Å². The number of allylic oxidation sites excluding steroid dienone is 2. The number of hydrogen-bond donors (Lipinski definition) is 1. The van der Waals surface area contributed by atoms with Gasteiger partial charge in [-0.25, -0.2) is 5.10 Å². The summed E-state index contributed by atoms with van der Waals surface area (Å²) >= 11 is 0. The van der Waals surface area contributed by atoms with Crippen LogP contribution in [-0.4, -0.2) is 21.1 Å². The van der Waals surface area contributed by atoms with Gasteiger partial charge in [0.05, 0.1) is 5.69 Å². The number of aliphatic hydroxyl groups excluding tert-OH is 1. The van der Waals surface area contributed by atoms with Crippen molar-refractivity contribution < 1.29 is 30.0 Å². The van der Waals surface area contributed by atoms with Crippen molar-refractivity contribution in [3.05, 3.63) is 106 Å². The molecule has 0 unspecified atom stereocenters. The number of benzene rings is 3. The number of hydrogen-bond acceptors (Lipinski definition) is 4. The average molecular weight is 932 g/mol. The summed E-state index contributed by atoms with van der Waals surface area (Å²) in [5, 5.41) is 22.3. The molecule has 4 aromatic rings. The number of carbonyl (C=O) groups is 1. The Morgan fingerprint density at radius 1 is 0.750 bits per heavy atom. The third kappa shape index (κ3) is 6.75. The standard InChI is InChI=1S/C36H39N2.C15H28O2.Ir/c1-32(2)21-33(3,4)31-29(32)18-30(37-38-31)25-15-11-14-22-16-27-28(17-26(22)25)35(7,8)36(34(27,5)6)19-23-12-9-10-13-24(23)20-36;1-7-14(5,8-2)12(16)11-13(17)15(6,9-3)10-4;/h9-14,16-18H,19-21H2,1-8H3;11,16H,7-10H2,1-6H3;/q-1;;/b;12-11-;. The van der Waals surface area contributed by atoms with E-state index in [1.165, 1.54) is 44.7 Å². The van der Waals surface area contributed by atoms with Gasteiger partial charge in [0.1, 0.15) is 5.76 Å². The zero-order chi connectivity index (χ0) is 40.6. The van der Waals surface area contributed by atoms with Crippen molar-refractivity contribution in [2.24, 2.45) is 16.2 Å². The minimum absolute atomic E-state index is 0. The van der Waals surface area contributed by atoms with Gasteiger partial charge >= 0.3 is 0 Å². The van der Waals surface area contributed by atoms with Crippen LogP contribution < -0.4 is 0 Å². The topological polar surface area (TPSA) is 63.1 Å². The van der Waals surface area contributed by atoms with Crippen molar-refractivity contribution >= 4 is 16.6 Å². The Bertz CT molecular complexity index is 2140. The summed E-state index contributed by atoms with van der Waals surface area (Å²) in [7, 11) is 0. The van der Waals surface area contributed by atoms with Crippen LogP contribution in [0, 0.1) is 22.3 Å². The molecular weight excluding hydrogens is 865 g/mol. The number of ketones is 1. The molecule has 1 spiro atoms. The molecule has 1 N–H and O–H groups in total. The predicted molar refractivity (Wildman–Crippen MR) is 230 cm³/mol. The van der Waals surface area contributed by atoms with Crippen LogP contribution in [0.15, 0.2) is 66.4 Å². The van der Waals surface area contributed by atoms with Crippen LogP contribution in [0.2, 0.25) is 0 Å². The molecule has 1 heterocycles. The summed E-state index contributed by atoms with van der Waals surface area (Å²) in [5.41, 5.74) is 10.3. The van der Waals surface area contributed by atoms with E-state index < -0.39 is 0 Å². The first kappa shape index (κ1) is 44.0. The summed E-state index contributed by atoms with van der Waals surface area (Å²) in [5.74, 6) is 0.286. The fraction of sp³-hybridized carbons (Fsp3) is 0.549. The monoisotopic (exact) mass is 932 g/mol. The van der Waals surface area contributed by atoms with Gasteiger partial charge in [-0.2, -0.15) is 5.10 Å². The number of aromatic nitrogens is 2. The number of rotatable bonds is 8. The van der Waals surface area contributed by atoms with Gasteiger partial charge in [-0.15, -0.1) is 29.1 Å². The number of aliphatic hydroxyl groups is 1. The maximum atomic E-state index is 12.2. The third-order valence-corrected chi connectivity index (χ3v) is 15.7. The smallest absolute Gasteiger partial charge is 0.164 e. The molecule has 4 nitrogen and oxygen atoms in total. The molecular formula is C51H67IrN2O2-. The van der Waals surface area contributed by atoms with Gasteiger partial charge < -0.3 is 5.11 Å². The molecule has 3 aliphatic rings. The van der Waals surface area contributed by atoms with Crippen molar-refractivity contribution in [3.63, 3.8) is 0 Å². The van der Waals surface area contributed by atoms with E-state index in [2.05, 4.69) is 116 Å². The first-order valence-electron chi connectivity index (χ1n) is 21.0. The molecule has 0 fully saturated rings. The molecule has 0 bridgehead atoms. The normalized spacial score (nSPS) is 19.4. The minimum Gasteiger partial charge on any atom is -0.512 e. The molecule has 3 aromatic carbocycles. The molecule has 5 heteroatoms. The van der Waals surface area contributed by atoms with E-state index in [9.17, 15) is 9.90 Å². The van der Waals surface area contributed by atoms with Crippen LogP contribution in [-0.2, 0) is 59.4 Å². The van der Waals surface area contributed by atoms with E-state index in [4.69, 9.17) is 10.2 Å². The zero-order valence-corrected chi connectivity index (χ0v) is 39.2. The van der Waals surface area contributed by atoms with E-state index in [-0.39, 0.29) is 69.6 Å². The first-order chi connectivity index (χ1) is 25.6. The van der Waals surface area contributed by atoms with E-state index in [0.29, 0.717) is 0 Å². The van der Waals surface area contributed by atoms with Gasteiger partial charge in [-0.05, 0) is 94.4 Å². The second-order valence-electron chi connectivity index (χ2n) is 20.2. The molecule has 1 aromatic heterocycles. The van der Waals surface area contributed by atoms with Crippen LogP contribution in [0.1, 0.15) is 163 Å². The van der Waals surface area contributed by atoms with Crippen LogP contribution in [0.4, 0.5) is 0 Å². The SMILES string of the molecule is CC1(C)CC(C)(C)c2nnc(-c3[c-]ccc4cc5c(cc34)C(C)(C)C3(Cc4ccccc4C3)C5(C)C)cc21.CCC(C)(CC)C(=O)/C=C(\O)C(C)(CC)CC.[Ir]. The Hall–Kier alpha value is -3.14. The summed E-state index contributed by atoms with van der Waals surface area (Å²) in [4.78, 5) is 12.2. The number of nitrogens with zero attached hydrogens (tertiary/aromatic N) is 2. The molecule has 56 heavy (non-hydrogen) atoms. The maximum Gasteiger partial charge on any atom is 0.164 e. The molecule has 0 saturated heterocycles. The second kappa shape index (κ2) is 14.9. The Kier molecular flexibility index (Phi) is 11.7. The van der Waals surface area contributed by atoms with Gasteiger partial charge in [0, 0.05) is 48.1 Å². The van der Waals surface area contributed by atoms with E-state index in [1.54, 1.807) is 0 Å². The Labute approximate surface area is 352 Å². The van der Waals surface area contributed by atoms with Gasteiger partial charge in [0.2, 0.25) is 0 Å². The van der Waals surface area contributed by atoms with Gasteiger partial charge in [-0.1, -0.05) is 145 Å². The van der Waals surface area contributed by atoms with Crippen LogP contribution >= 0.6 is 0 Å². The second-order valence-corrected chi connectivity index (χ2v) is 20.2. The fourth-order valence-electron chi connectivity index (χ4n) is 10.8.